The molecule has 146 valence electrons. The first-order valence-electron chi connectivity index (χ1n) is 8.76. The molecule has 0 bridgehead atoms. The zero-order chi connectivity index (χ0) is 19.4. The molecule has 1 aliphatic carbocycles. The maximum absolute atomic E-state index is 12.7. The zero-order valence-electron chi connectivity index (χ0n) is 15.0. The maximum Gasteiger partial charge on any atom is 0.429 e. The molecule has 0 spiro atoms. The van der Waals surface area contributed by atoms with E-state index >= 15 is 0 Å². The molecule has 1 N–H and O–H groups in total. The Hall–Kier alpha value is -1.74. The van der Waals surface area contributed by atoms with Crippen molar-refractivity contribution in [1.29, 1.82) is 0 Å². The Kier molecular flexibility index (Phi) is 6.31. The lowest BCUT2D eigenvalue weighted by Crippen LogP contribution is -2.23. The monoisotopic (exact) mass is 414 g/mol. The third kappa shape index (κ3) is 5.16. The molecule has 0 unspecified atom stereocenters. The molecule has 2 aromatic heterocycles. The summed E-state index contributed by atoms with van der Waals surface area (Å²) in [6.07, 6.45) is 0.719. The van der Waals surface area contributed by atoms with Crippen LogP contribution in [0.1, 0.15) is 48.6 Å². The van der Waals surface area contributed by atoms with Crippen molar-refractivity contribution in [3.63, 3.8) is 0 Å². The molecule has 4 nitrogen and oxygen atoms in total. The van der Waals surface area contributed by atoms with Crippen LogP contribution in [0.3, 0.4) is 0 Å². The number of thiazole rings is 2. The molecule has 2 heterocycles. The van der Waals surface area contributed by atoms with Gasteiger partial charge in [-0.1, -0.05) is 6.58 Å². The summed E-state index contributed by atoms with van der Waals surface area (Å²) in [4.78, 5) is 13.6. The molecule has 0 amide bonds. The minimum Gasteiger partial charge on any atom is -0.384 e. The van der Waals surface area contributed by atoms with Crippen molar-refractivity contribution in [3.05, 3.63) is 28.7 Å². The second-order valence-electron chi connectivity index (χ2n) is 6.37. The van der Waals surface area contributed by atoms with E-state index in [1.54, 1.807) is 28.9 Å². The predicted molar refractivity (Wildman–Crippen MR) is 105 cm³/mol. The van der Waals surface area contributed by atoms with Crippen LogP contribution in [0.15, 0.2) is 23.1 Å². The molecule has 27 heavy (non-hydrogen) atoms. The molecule has 0 radical (unpaired) electrons. The SMILES string of the molecule is C=C(NCCCC/C(=N/C)C(F)(F)F)c1nc(-c2nccs2)sc1C1CC1. The molecule has 9 heteroatoms. The predicted octanol–water partition coefficient (Wildman–Crippen LogP) is 5.51. The van der Waals surface area contributed by atoms with Crippen LogP contribution in [-0.4, -0.2) is 35.4 Å². The zero-order valence-corrected chi connectivity index (χ0v) is 16.6. The number of hydrogen-bond donors (Lipinski definition) is 1. The van der Waals surface area contributed by atoms with E-state index in [1.807, 2.05) is 5.38 Å². The number of nitrogens with one attached hydrogen (secondary N) is 1. The molecule has 2 aromatic rings. The topological polar surface area (TPSA) is 50.2 Å². The van der Waals surface area contributed by atoms with E-state index in [4.69, 9.17) is 4.98 Å². The minimum atomic E-state index is -4.34. The summed E-state index contributed by atoms with van der Waals surface area (Å²) < 4.78 is 38.0. The first-order valence-corrected chi connectivity index (χ1v) is 10.5. The molecule has 3 rings (SSSR count). The van der Waals surface area contributed by atoms with Crippen LogP contribution in [-0.2, 0) is 0 Å². The molecule has 0 aromatic carbocycles. The molecule has 1 fully saturated rings. The molecule has 1 saturated carbocycles. The summed E-state index contributed by atoms with van der Waals surface area (Å²) in [5.74, 6) is 0.542. The Morgan fingerprint density at radius 3 is 2.70 bits per heavy atom. The van der Waals surface area contributed by atoms with Crippen molar-refractivity contribution in [1.82, 2.24) is 15.3 Å². The lowest BCUT2D eigenvalue weighted by Gasteiger charge is -2.11. The fraction of sp³-hybridized carbons (Fsp3) is 0.500. The fourth-order valence-electron chi connectivity index (χ4n) is 2.71. The highest BCUT2D eigenvalue weighted by Gasteiger charge is 2.34. The van der Waals surface area contributed by atoms with Crippen molar-refractivity contribution < 1.29 is 13.2 Å². The highest BCUT2D eigenvalue weighted by molar-refractivity contribution is 7.20. The van der Waals surface area contributed by atoms with Gasteiger partial charge in [0, 0.05) is 30.0 Å². The quantitative estimate of drug-likeness (QED) is 0.435. The molecule has 0 atom stereocenters. The van der Waals surface area contributed by atoms with Gasteiger partial charge in [-0.05, 0) is 38.0 Å². The largest absolute Gasteiger partial charge is 0.429 e. The average Bonchev–Trinajstić information content (AvgIpc) is 3.14. The first kappa shape index (κ1) is 20.0. The van der Waals surface area contributed by atoms with E-state index in [0.29, 0.717) is 25.3 Å². The third-order valence-corrected chi connectivity index (χ3v) is 6.41. The summed E-state index contributed by atoms with van der Waals surface area (Å²) in [6, 6.07) is 0. The minimum absolute atomic E-state index is 0.0631. The summed E-state index contributed by atoms with van der Waals surface area (Å²) in [6.45, 7) is 4.65. The van der Waals surface area contributed by atoms with Crippen LogP contribution in [0.5, 0.6) is 0 Å². The lowest BCUT2D eigenvalue weighted by atomic mass is 10.1. The smallest absolute Gasteiger partial charge is 0.384 e. The van der Waals surface area contributed by atoms with Gasteiger partial charge in [-0.3, -0.25) is 4.99 Å². The summed E-state index contributed by atoms with van der Waals surface area (Å²) in [5.41, 5.74) is 0.903. The van der Waals surface area contributed by atoms with Gasteiger partial charge in [0.25, 0.3) is 0 Å². The van der Waals surface area contributed by atoms with E-state index < -0.39 is 11.9 Å². The Morgan fingerprint density at radius 2 is 2.11 bits per heavy atom. The third-order valence-electron chi connectivity index (χ3n) is 4.28. The van der Waals surface area contributed by atoms with Gasteiger partial charge in [0.15, 0.2) is 10.0 Å². The average molecular weight is 415 g/mol. The van der Waals surface area contributed by atoms with Crippen LogP contribution in [0, 0.1) is 0 Å². The van der Waals surface area contributed by atoms with Gasteiger partial charge in [-0.2, -0.15) is 13.2 Å². The van der Waals surface area contributed by atoms with Gasteiger partial charge in [0.05, 0.1) is 5.70 Å². The van der Waals surface area contributed by atoms with Crippen LogP contribution in [0.4, 0.5) is 13.2 Å². The van der Waals surface area contributed by atoms with E-state index in [1.165, 1.54) is 11.9 Å². The van der Waals surface area contributed by atoms with Crippen LogP contribution >= 0.6 is 22.7 Å². The Labute approximate surface area is 164 Å². The standard InChI is InChI=1S/C18H21F3N4S2/c1-11(23-8-4-3-5-13(22-2)18(19,20)21)14-15(12-6-7-12)27-17(25-14)16-24-9-10-26-16/h9-10,12,23H,1,3-8H2,2H3/b22-13-. The van der Waals surface area contributed by atoms with Crippen LogP contribution < -0.4 is 5.32 Å². The van der Waals surface area contributed by atoms with E-state index in [-0.39, 0.29) is 6.42 Å². The van der Waals surface area contributed by atoms with Crippen molar-refractivity contribution in [2.45, 2.75) is 44.2 Å². The Morgan fingerprint density at radius 1 is 1.33 bits per heavy atom. The lowest BCUT2D eigenvalue weighted by molar-refractivity contribution is -0.0606. The molecule has 0 aliphatic heterocycles. The molecule has 1 aliphatic rings. The highest BCUT2D eigenvalue weighted by atomic mass is 32.1. The van der Waals surface area contributed by atoms with Crippen molar-refractivity contribution in [2.75, 3.05) is 13.6 Å². The van der Waals surface area contributed by atoms with Crippen molar-refractivity contribution in [3.8, 4) is 10.0 Å². The molecular formula is C18H21F3N4S2. The number of unbranched alkanes of at least 4 members (excludes halogenated alkanes) is 1. The molecule has 0 saturated heterocycles. The highest BCUT2D eigenvalue weighted by Crippen LogP contribution is 2.47. The molecular weight excluding hydrogens is 393 g/mol. The number of hydrogen-bond acceptors (Lipinski definition) is 6. The number of aliphatic imine (C=N–C) groups is 1. The van der Waals surface area contributed by atoms with Gasteiger partial charge in [0.2, 0.25) is 0 Å². The van der Waals surface area contributed by atoms with Crippen LogP contribution in [0.2, 0.25) is 0 Å². The Bertz CT molecular complexity index is 805. The number of halogens is 3. The van der Waals surface area contributed by atoms with E-state index in [0.717, 1.165) is 34.2 Å². The summed E-state index contributed by atoms with van der Waals surface area (Å²) in [5, 5.41) is 6.95. The van der Waals surface area contributed by atoms with Gasteiger partial charge >= 0.3 is 6.18 Å². The number of nitrogens with zero attached hydrogens (tertiary/aromatic N) is 3. The first-order chi connectivity index (χ1) is 12.9. The van der Waals surface area contributed by atoms with Gasteiger partial charge in [0.1, 0.15) is 11.4 Å². The fourth-order valence-corrected chi connectivity index (χ4v) is 4.65. The second-order valence-corrected chi connectivity index (χ2v) is 8.30. The summed E-state index contributed by atoms with van der Waals surface area (Å²) >= 11 is 3.22. The van der Waals surface area contributed by atoms with E-state index in [9.17, 15) is 13.2 Å². The number of rotatable bonds is 9. The number of aromatic nitrogens is 2. The van der Waals surface area contributed by atoms with Gasteiger partial charge in [-0.25, -0.2) is 9.97 Å². The van der Waals surface area contributed by atoms with Crippen molar-refractivity contribution in [2.24, 2.45) is 4.99 Å². The van der Waals surface area contributed by atoms with Gasteiger partial charge < -0.3 is 5.32 Å². The van der Waals surface area contributed by atoms with Crippen LogP contribution in [0.25, 0.3) is 15.7 Å². The maximum atomic E-state index is 12.7. The van der Waals surface area contributed by atoms with Crippen molar-refractivity contribution >= 4 is 34.1 Å². The Balaban J connectivity index is 1.54. The van der Waals surface area contributed by atoms with E-state index in [2.05, 4.69) is 21.9 Å². The normalized spacial score (nSPS) is 15.2. The second kappa shape index (κ2) is 8.52. The van der Waals surface area contributed by atoms with Gasteiger partial charge in [-0.15, -0.1) is 22.7 Å². The number of alkyl halides is 3. The summed E-state index contributed by atoms with van der Waals surface area (Å²) in [7, 11) is 1.19.